The summed E-state index contributed by atoms with van der Waals surface area (Å²) in [6.45, 7) is 18.9. The number of nitrogens with one attached hydrogen (secondary N) is 1. The number of hydrogen-bond donors (Lipinski definition) is 1. The Morgan fingerprint density at radius 2 is 1.71 bits per heavy atom. The third kappa shape index (κ3) is 6.82. The summed E-state index contributed by atoms with van der Waals surface area (Å²) in [5, 5.41) is 3.60. The van der Waals surface area contributed by atoms with Gasteiger partial charge in [0.15, 0.2) is 0 Å². The predicted molar refractivity (Wildman–Crippen MR) is 147 cm³/mol. The van der Waals surface area contributed by atoms with Gasteiger partial charge in [-0.05, 0) is 62.4 Å². The van der Waals surface area contributed by atoms with E-state index in [2.05, 4.69) is 89.7 Å². The molecule has 5 heteroatoms. The van der Waals surface area contributed by atoms with Gasteiger partial charge in [0.05, 0.1) is 29.4 Å². The SMILES string of the molecule is CCC.CCCCCNc1nc(C(C)C)ccc1-c1nc2c(C)cn(C(C)COC)c2cc1C. The molecule has 0 aliphatic rings. The topological polar surface area (TPSA) is 52.0 Å². The van der Waals surface area contributed by atoms with Crippen molar-refractivity contribution in [2.24, 2.45) is 0 Å². The van der Waals surface area contributed by atoms with E-state index >= 15 is 0 Å². The molecule has 3 heterocycles. The van der Waals surface area contributed by atoms with Crippen molar-refractivity contribution in [2.75, 3.05) is 25.6 Å². The highest BCUT2D eigenvalue weighted by Crippen LogP contribution is 2.33. The first-order chi connectivity index (χ1) is 16.3. The largest absolute Gasteiger partial charge is 0.383 e. The third-order valence-corrected chi connectivity index (χ3v) is 5.90. The van der Waals surface area contributed by atoms with Gasteiger partial charge in [0.25, 0.3) is 0 Å². The molecule has 0 bridgehead atoms. The molecule has 0 amide bonds. The molecule has 0 radical (unpaired) electrons. The van der Waals surface area contributed by atoms with Crippen molar-refractivity contribution in [1.29, 1.82) is 0 Å². The number of ether oxygens (including phenoxy) is 1. The lowest BCUT2D eigenvalue weighted by Crippen LogP contribution is -2.10. The average molecular weight is 467 g/mol. The van der Waals surface area contributed by atoms with E-state index in [1.165, 1.54) is 24.8 Å². The number of unbranched alkanes of at least 4 members (excludes halogenated alkanes) is 2. The minimum absolute atomic E-state index is 0.260. The summed E-state index contributed by atoms with van der Waals surface area (Å²) in [4.78, 5) is 10.1. The molecular formula is C29H46N4O. The van der Waals surface area contributed by atoms with Gasteiger partial charge >= 0.3 is 0 Å². The number of anilines is 1. The van der Waals surface area contributed by atoms with Crippen molar-refractivity contribution in [2.45, 2.75) is 93.0 Å². The Morgan fingerprint density at radius 1 is 1.00 bits per heavy atom. The van der Waals surface area contributed by atoms with Crippen molar-refractivity contribution in [3.63, 3.8) is 0 Å². The fourth-order valence-corrected chi connectivity index (χ4v) is 4.09. The Balaban J connectivity index is 0.00000129. The maximum absolute atomic E-state index is 5.38. The van der Waals surface area contributed by atoms with Gasteiger partial charge in [-0.1, -0.05) is 53.9 Å². The van der Waals surface area contributed by atoms with Gasteiger partial charge in [-0.2, -0.15) is 0 Å². The second-order valence-corrected chi connectivity index (χ2v) is 9.67. The van der Waals surface area contributed by atoms with Crippen molar-refractivity contribution >= 4 is 16.9 Å². The average Bonchev–Trinajstić information content (AvgIpc) is 3.12. The number of fused-ring (bicyclic) bond motifs is 1. The fourth-order valence-electron chi connectivity index (χ4n) is 4.09. The molecule has 0 aromatic carbocycles. The Hall–Kier alpha value is -2.40. The van der Waals surface area contributed by atoms with E-state index < -0.39 is 0 Å². The molecule has 5 nitrogen and oxygen atoms in total. The van der Waals surface area contributed by atoms with Gasteiger partial charge in [0.1, 0.15) is 5.82 Å². The highest BCUT2D eigenvalue weighted by atomic mass is 16.5. The summed E-state index contributed by atoms with van der Waals surface area (Å²) in [5.41, 5.74) is 7.75. The van der Waals surface area contributed by atoms with Crippen LogP contribution in [0.3, 0.4) is 0 Å². The van der Waals surface area contributed by atoms with Crippen LogP contribution < -0.4 is 5.32 Å². The van der Waals surface area contributed by atoms with Crippen LogP contribution in [0.4, 0.5) is 5.82 Å². The van der Waals surface area contributed by atoms with E-state index in [1.54, 1.807) is 7.11 Å². The van der Waals surface area contributed by atoms with Crippen LogP contribution in [0.25, 0.3) is 22.3 Å². The van der Waals surface area contributed by atoms with E-state index in [1.807, 2.05) is 0 Å². The minimum atomic E-state index is 0.260. The lowest BCUT2D eigenvalue weighted by Gasteiger charge is -2.17. The molecule has 0 aliphatic heterocycles. The number of pyridine rings is 2. The second kappa shape index (κ2) is 13.5. The number of nitrogens with zero attached hydrogens (tertiary/aromatic N) is 3. The minimum Gasteiger partial charge on any atom is -0.383 e. The summed E-state index contributed by atoms with van der Waals surface area (Å²) < 4.78 is 7.66. The first kappa shape index (κ1) is 27.8. The highest BCUT2D eigenvalue weighted by molar-refractivity contribution is 5.86. The van der Waals surface area contributed by atoms with Crippen molar-refractivity contribution < 1.29 is 4.74 Å². The lowest BCUT2D eigenvalue weighted by molar-refractivity contribution is 0.164. The zero-order valence-corrected chi connectivity index (χ0v) is 23.0. The van der Waals surface area contributed by atoms with Crippen LogP contribution >= 0.6 is 0 Å². The maximum Gasteiger partial charge on any atom is 0.135 e. The van der Waals surface area contributed by atoms with Crippen LogP contribution in [-0.4, -0.2) is 34.8 Å². The Labute approximate surface area is 207 Å². The van der Waals surface area contributed by atoms with Gasteiger partial charge < -0.3 is 14.6 Å². The number of aromatic nitrogens is 3. The molecule has 0 spiro atoms. The van der Waals surface area contributed by atoms with Gasteiger partial charge in [-0.15, -0.1) is 0 Å². The molecule has 1 N–H and O–H groups in total. The van der Waals surface area contributed by atoms with E-state index in [0.29, 0.717) is 12.5 Å². The molecule has 1 unspecified atom stereocenters. The van der Waals surface area contributed by atoms with Crippen LogP contribution in [0, 0.1) is 13.8 Å². The van der Waals surface area contributed by atoms with Crippen LogP contribution in [-0.2, 0) is 4.74 Å². The van der Waals surface area contributed by atoms with E-state index in [9.17, 15) is 0 Å². The van der Waals surface area contributed by atoms with Crippen LogP contribution in [0.15, 0.2) is 24.4 Å². The van der Waals surface area contributed by atoms with Gasteiger partial charge in [0.2, 0.25) is 0 Å². The number of rotatable bonds is 10. The molecule has 3 aromatic heterocycles. The quantitative estimate of drug-likeness (QED) is 0.307. The molecule has 0 saturated carbocycles. The predicted octanol–water partition coefficient (Wildman–Crippen LogP) is 8.06. The first-order valence-electron chi connectivity index (χ1n) is 13.0. The Morgan fingerprint density at radius 3 is 2.32 bits per heavy atom. The molecule has 1 atom stereocenters. The summed E-state index contributed by atoms with van der Waals surface area (Å²) in [5.74, 6) is 1.34. The van der Waals surface area contributed by atoms with Crippen molar-refractivity contribution in [3.8, 4) is 11.3 Å². The van der Waals surface area contributed by atoms with Gasteiger partial charge in [0, 0.05) is 31.1 Å². The highest BCUT2D eigenvalue weighted by Gasteiger charge is 2.18. The summed E-state index contributed by atoms with van der Waals surface area (Å²) in [7, 11) is 1.75. The third-order valence-electron chi connectivity index (χ3n) is 5.90. The fraction of sp³-hybridized carbons (Fsp3) is 0.586. The zero-order chi connectivity index (χ0) is 25.3. The van der Waals surface area contributed by atoms with E-state index in [-0.39, 0.29) is 6.04 Å². The smallest absolute Gasteiger partial charge is 0.135 e. The molecular weight excluding hydrogens is 420 g/mol. The summed E-state index contributed by atoms with van der Waals surface area (Å²) in [6.07, 6.45) is 7.02. The summed E-state index contributed by atoms with van der Waals surface area (Å²) >= 11 is 0. The monoisotopic (exact) mass is 466 g/mol. The lowest BCUT2D eigenvalue weighted by atomic mass is 10.0. The standard InChI is InChI=1S/C26H38N4O.C3H8/c1-8-9-10-13-27-26-21(11-12-22(28-26)17(2)3)24-18(4)14-23-25(29-24)19(5)15-30(23)20(6)16-31-7;1-3-2/h11-12,14-15,17,20H,8-10,13,16H2,1-7H3,(H,27,28);3H2,1-2H3. The van der Waals surface area contributed by atoms with Gasteiger partial charge in [-0.25, -0.2) is 9.97 Å². The van der Waals surface area contributed by atoms with E-state index in [4.69, 9.17) is 14.7 Å². The number of methoxy groups -OCH3 is 1. The molecule has 0 saturated heterocycles. The molecule has 0 fully saturated rings. The van der Waals surface area contributed by atoms with Gasteiger partial charge in [-0.3, -0.25) is 0 Å². The molecule has 3 rings (SSSR count). The second-order valence-electron chi connectivity index (χ2n) is 9.67. The summed E-state index contributed by atoms with van der Waals surface area (Å²) in [6, 6.07) is 6.84. The Bertz CT molecular complexity index is 1040. The number of hydrogen-bond acceptors (Lipinski definition) is 4. The zero-order valence-electron chi connectivity index (χ0n) is 23.0. The Kier molecular flexibility index (Phi) is 11.0. The normalized spacial score (nSPS) is 12.1. The first-order valence-corrected chi connectivity index (χ1v) is 13.0. The van der Waals surface area contributed by atoms with Crippen LogP contribution in [0.5, 0.6) is 0 Å². The van der Waals surface area contributed by atoms with Crippen LogP contribution in [0.2, 0.25) is 0 Å². The molecule has 34 heavy (non-hydrogen) atoms. The molecule has 188 valence electrons. The molecule has 3 aromatic rings. The van der Waals surface area contributed by atoms with E-state index in [0.717, 1.165) is 52.3 Å². The maximum atomic E-state index is 5.38. The van der Waals surface area contributed by atoms with Crippen molar-refractivity contribution in [1.82, 2.24) is 14.5 Å². The number of aryl methyl sites for hydroxylation is 2. The molecule has 0 aliphatic carbocycles. The van der Waals surface area contributed by atoms with Crippen molar-refractivity contribution in [3.05, 3.63) is 41.2 Å². The van der Waals surface area contributed by atoms with Crippen LogP contribution in [0.1, 0.15) is 96.0 Å².